The third-order valence-corrected chi connectivity index (χ3v) is 2.61. The number of nitrogens with zero attached hydrogens (tertiary/aromatic N) is 3. The van der Waals surface area contributed by atoms with E-state index in [2.05, 4.69) is 0 Å². The summed E-state index contributed by atoms with van der Waals surface area (Å²) >= 11 is 0. The van der Waals surface area contributed by atoms with Crippen LogP contribution in [0.1, 0.15) is 11.6 Å². The van der Waals surface area contributed by atoms with Gasteiger partial charge in [-0.25, -0.2) is 0 Å². The molecule has 2 rings (SSSR count). The molecule has 0 saturated carbocycles. The molecule has 1 heterocycles. The quantitative estimate of drug-likeness (QED) is 0.452. The maximum atomic E-state index is 11.7. The summed E-state index contributed by atoms with van der Waals surface area (Å²) in [7, 11) is 0. The lowest BCUT2D eigenvalue weighted by Crippen LogP contribution is -2.31. The van der Waals surface area contributed by atoms with Gasteiger partial charge < -0.3 is 5.73 Å². The van der Waals surface area contributed by atoms with E-state index in [1.807, 2.05) is 6.07 Å². The number of carbonyl (C=O) groups is 1. The normalized spacial score (nSPS) is 17.8. The fraction of sp³-hybridized carbons (Fsp3) is 0.200. The van der Waals surface area contributed by atoms with Crippen molar-refractivity contribution in [3.05, 3.63) is 33.9 Å². The predicted octanol–water partition coefficient (Wildman–Crippen LogP) is 0.465. The standard InChI is InChI=1S/C10H8N4O3/c11-3-4-13-8-2-1-6(14(16)17)5-7(8)9(12)10(13)15/h1-2,5,9H,4,12H2. The van der Waals surface area contributed by atoms with Crippen molar-refractivity contribution in [2.24, 2.45) is 5.73 Å². The number of fused-ring (bicyclic) bond motifs is 1. The van der Waals surface area contributed by atoms with Gasteiger partial charge in [-0.05, 0) is 6.07 Å². The Morgan fingerprint density at radius 1 is 1.59 bits per heavy atom. The number of anilines is 1. The first-order valence-corrected chi connectivity index (χ1v) is 4.78. The van der Waals surface area contributed by atoms with E-state index in [1.54, 1.807) is 0 Å². The van der Waals surface area contributed by atoms with E-state index < -0.39 is 16.9 Å². The Kier molecular flexibility index (Phi) is 2.49. The van der Waals surface area contributed by atoms with Crippen LogP contribution in [0.4, 0.5) is 11.4 Å². The smallest absolute Gasteiger partial charge is 0.269 e. The molecular formula is C10H8N4O3. The second-order valence-corrected chi connectivity index (χ2v) is 3.56. The lowest BCUT2D eigenvalue weighted by atomic mass is 10.1. The summed E-state index contributed by atoms with van der Waals surface area (Å²) in [4.78, 5) is 23.0. The van der Waals surface area contributed by atoms with E-state index in [9.17, 15) is 14.9 Å². The van der Waals surface area contributed by atoms with Crippen molar-refractivity contribution < 1.29 is 9.72 Å². The largest absolute Gasteiger partial charge is 0.316 e. The van der Waals surface area contributed by atoms with E-state index in [4.69, 9.17) is 11.0 Å². The fourth-order valence-electron chi connectivity index (χ4n) is 1.80. The van der Waals surface area contributed by atoms with Crippen LogP contribution in [0.2, 0.25) is 0 Å². The van der Waals surface area contributed by atoms with Crippen molar-refractivity contribution in [3.63, 3.8) is 0 Å². The molecule has 1 unspecified atom stereocenters. The summed E-state index contributed by atoms with van der Waals surface area (Å²) in [6.45, 7) is -0.114. The van der Waals surface area contributed by atoms with Crippen LogP contribution in [0.3, 0.4) is 0 Å². The van der Waals surface area contributed by atoms with Gasteiger partial charge in [0, 0.05) is 17.7 Å². The van der Waals surface area contributed by atoms with Gasteiger partial charge in [-0.1, -0.05) is 0 Å². The molecule has 0 radical (unpaired) electrons. The molecule has 1 aromatic carbocycles. The average Bonchev–Trinajstić information content (AvgIpc) is 2.54. The van der Waals surface area contributed by atoms with Crippen LogP contribution < -0.4 is 10.6 Å². The Hall–Kier alpha value is -2.46. The number of rotatable bonds is 2. The van der Waals surface area contributed by atoms with Gasteiger partial charge in [-0.2, -0.15) is 5.26 Å². The van der Waals surface area contributed by atoms with Gasteiger partial charge in [-0.3, -0.25) is 19.8 Å². The molecule has 1 aliphatic heterocycles. The van der Waals surface area contributed by atoms with E-state index in [0.29, 0.717) is 11.3 Å². The topological polar surface area (TPSA) is 113 Å². The minimum atomic E-state index is -0.932. The number of nitrogens with two attached hydrogens (primary N) is 1. The molecule has 1 aliphatic rings. The highest BCUT2D eigenvalue weighted by atomic mass is 16.6. The molecule has 2 N–H and O–H groups in total. The molecule has 0 saturated heterocycles. The van der Waals surface area contributed by atoms with Crippen LogP contribution in [-0.4, -0.2) is 17.4 Å². The first kappa shape index (κ1) is 11.0. The molecular weight excluding hydrogens is 224 g/mol. The van der Waals surface area contributed by atoms with Crippen LogP contribution in [0.15, 0.2) is 18.2 Å². The summed E-state index contributed by atoms with van der Waals surface area (Å²) in [6.07, 6.45) is 0. The van der Waals surface area contributed by atoms with Crippen LogP contribution >= 0.6 is 0 Å². The SMILES string of the molecule is N#CCN1C(=O)C(N)c2cc([N+](=O)[O-])ccc21. The fourth-order valence-corrected chi connectivity index (χ4v) is 1.80. The summed E-state index contributed by atoms with van der Waals surface area (Å²) < 4.78 is 0. The minimum absolute atomic E-state index is 0.114. The van der Waals surface area contributed by atoms with E-state index in [0.717, 1.165) is 0 Å². The number of nitro benzene ring substituents is 1. The summed E-state index contributed by atoms with van der Waals surface area (Å²) in [6, 6.07) is 4.92. The summed E-state index contributed by atoms with van der Waals surface area (Å²) in [5, 5.41) is 19.2. The van der Waals surface area contributed by atoms with E-state index in [-0.39, 0.29) is 12.2 Å². The maximum Gasteiger partial charge on any atom is 0.269 e. The number of non-ortho nitro benzene ring substituents is 1. The molecule has 7 heteroatoms. The Labute approximate surface area is 96.2 Å². The lowest BCUT2D eigenvalue weighted by molar-refractivity contribution is -0.384. The van der Waals surface area contributed by atoms with Crippen molar-refractivity contribution in [2.45, 2.75) is 6.04 Å². The number of carbonyl (C=O) groups excluding carboxylic acids is 1. The Balaban J connectivity index is 2.51. The second kappa shape index (κ2) is 3.84. The number of hydrogen-bond acceptors (Lipinski definition) is 5. The molecule has 7 nitrogen and oxygen atoms in total. The first-order valence-electron chi connectivity index (χ1n) is 4.78. The molecule has 86 valence electrons. The van der Waals surface area contributed by atoms with Gasteiger partial charge >= 0.3 is 0 Å². The molecule has 1 aromatic rings. The highest BCUT2D eigenvalue weighted by Gasteiger charge is 2.35. The zero-order valence-electron chi connectivity index (χ0n) is 8.66. The highest BCUT2D eigenvalue weighted by Crippen LogP contribution is 2.36. The van der Waals surface area contributed by atoms with E-state index in [1.165, 1.54) is 23.1 Å². The van der Waals surface area contributed by atoms with Gasteiger partial charge in [0.05, 0.1) is 16.7 Å². The number of hydrogen-bond donors (Lipinski definition) is 1. The zero-order chi connectivity index (χ0) is 12.6. The van der Waals surface area contributed by atoms with Gasteiger partial charge in [0.1, 0.15) is 12.6 Å². The summed E-state index contributed by atoms with van der Waals surface area (Å²) in [5.41, 5.74) is 6.39. The van der Waals surface area contributed by atoms with Gasteiger partial charge in [0.15, 0.2) is 0 Å². The average molecular weight is 232 g/mol. The van der Waals surface area contributed by atoms with Crippen LogP contribution in [-0.2, 0) is 4.79 Å². The van der Waals surface area contributed by atoms with Crippen molar-refractivity contribution in [3.8, 4) is 6.07 Å². The third kappa shape index (κ3) is 1.60. The molecule has 17 heavy (non-hydrogen) atoms. The lowest BCUT2D eigenvalue weighted by Gasteiger charge is -2.12. The highest BCUT2D eigenvalue weighted by molar-refractivity contribution is 6.05. The van der Waals surface area contributed by atoms with Crippen molar-refractivity contribution in [2.75, 3.05) is 11.4 Å². The van der Waals surface area contributed by atoms with Crippen molar-refractivity contribution >= 4 is 17.3 Å². The van der Waals surface area contributed by atoms with Crippen LogP contribution in [0.5, 0.6) is 0 Å². The molecule has 0 bridgehead atoms. The number of nitriles is 1. The molecule has 1 amide bonds. The van der Waals surface area contributed by atoms with Gasteiger partial charge in [0.25, 0.3) is 5.69 Å². The molecule has 0 aromatic heterocycles. The van der Waals surface area contributed by atoms with Crippen molar-refractivity contribution in [1.82, 2.24) is 0 Å². The molecule has 0 fully saturated rings. The molecule has 0 spiro atoms. The van der Waals surface area contributed by atoms with Crippen molar-refractivity contribution in [1.29, 1.82) is 5.26 Å². The Morgan fingerprint density at radius 2 is 2.29 bits per heavy atom. The predicted molar refractivity (Wildman–Crippen MR) is 58.0 cm³/mol. The maximum absolute atomic E-state index is 11.7. The second-order valence-electron chi connectivity index (χ2n) is 3.56. The molecule has 1 atom stereocenters. The monoisotopic (exact) mass is 232 g/mol. The Bertz CT molecular complexity index is 549. The van der Waals surface area contributed by atoms with Crippen LogP contribution in [0, 0.1) is 21.4 Å². The number of amides is 1. The van der Waals surface area contributed by atoms with Crippen LogP contribution in [0.25, 0.3) is 0 Å². The number of nitro groups is 1. The van der Waals surface area contributed by atoms with E-state index >= 15 is 0 Å². The van der Waals surface area contributed by atoms with Gasteiger partial charge in [0.2, 0.25) is 5.91 Å². The third-order valence-electron chi connectivity index (χ3n) is 2.61. The first-order chi connectivity index (χ1) is 8.06. The van der Waals surface area contributed by atoms with Gasteiger partial charge in [-0.15, -0.1) is 0 Å². The summed E-state index contributed by atoms with van der Waals surface area (Å²) in [5.74, 6) is -0.415. The Morgan fingerprint density at radius 3 is 2.88 bits per heavy atom. The zero-order valence-corrected chi connectivity index (χ0v) is 8.66. The minimum Gasteiger partial charge on any atom is -0.316 e. The molecule has 0 aliphatic carbocycles. The number of benzene rings is 1.